The maximum Gasteiger partial charge on any atom is 0.336 e. The van der Waals surface area contributed by atoms with E-state index in [9.17, 15) is 14.3 Å². The molecule has 1 aliphatic rings. The lowest BCUT2D eigenvalue weighted by Crippen LogP contribution is -2.36. The van der Waals surface area contributed by atoms with Crippen molar-refractivity contribution >= 4 is 5.97 Å². The molecule has 21 heavy (non-hydrogen) atoms. The molecule has 116 valence electrons. The number of aromatic carboxylic acids is 1. The molecule has 1 aromatic carbocycles. The summed E-state index contributed by atoms with van der Waals surface area (Å²) in [6, 6.07) is 4.03. The fourth-order valence-electron chi connectivity index (χ4n) is 2.97. The Balaban J connectivity index is 1.96. The lowest BCUT2D eigenvalue weighted by atomic mass is 9.95. The Labute approximate surface area is 125 Å². The van der Waals surface area contributed by atoms with Gasteiger partial charge in [0.25, 0.3) is 0 Å². The predicted octanol–water partition coefficient (Wildman–Crippen LogP) is 2.30. The Morgan fingerprint density at radius 2 is 2.05 bits per heavy atom. The molecule has 1 aliphatic heterocycles. The summed E-state index contributed by atoms with van der Waals surface area (Å²) in [5.74, 6) is -0.851. The predicted molar refractivity (Wildman–Crippen MR) is 79.9 cm³/mol. The standard InChI is InChI=1S/C16H23FN2O2/c1-18(2)10-12-5-7-19(8-6-12)11-13-3-4-14(17)9-15(13)16(20)21/h3-4,9,12H,5-8,10-11H2,1-2H3,(H,20,21). The first-order chi connectivity index (χ1) is 9.95. The van der Waals surface area contributed by atoms with Gasteiger partial charge in [-0.05, 0) is 63.6 Å². The molecule has 0 spiro atoms. The van der Waals surface area contributed by atoms with Crippen molar-refractivity contribution in [3.8, 4) is 0 Å². The molecule has 0 bridgehead atoms. The highest BCUT2D eigenvalue weighted by Crippen LogP contribution is 2.21. The van der Waals surface area contributed by atoms with E-state index < -0.39 is 11.8 Å². The van der Waals surface area contributed by atoms with Gasteiger partial charge in [0.1, 0.15) is 5.82 Å². The summed E-state index contributed by atoms with van der Waals surface area (Å²) in [5, 5.41) is 9.17. The van der Waals surface area contributed by atoms with Gasteiger partial charge >= 0.3 is 5.97 Å². The average Bonchev–Trinajstić information content (AvgIpc) is 2.42. The number of nitrogens with zero attached hydrogens (tertiary/aromatic N) is 2. The van der Waals surface area contributed by atoms with Gasteiger partial charge in [0.05, 0.1) is 5.56 Å². The van der Waals surface area contributed by atoms with Crippen LogP contribution in [0.3, 0.4) is 0 Å². The van der Waals surface area contributed by atoms with Crippen molar-refractivity contribution < 1.29 is 14.3 Å². The quantitative estimate of drug-likeness (QED) is 0.905. The summed E-state index contributed by atoms with van der Waals surface area (Å²) in [4.78, 5) is 15.7. The van der Waals surface area contributed by atoms with Crippen LogP contribution in [0.2, 0.25) is 0 Å². The summed E-state index contributed by atoms with van der Waals surface area (Å²) in [5.41, 5.74) is 0.764. The SMILES string of the molecule is CN(C)CC1CCN(Cc2ccc(F)cc2C(=O)O)CC1. The fraction of sp³-hybridized carbons (Fsp3) is 0.562. The van der Waals surface area contributed by atoms with Gasteiger partial charge in [0.15, 0.2) is 0 Å². The second-order valence-electron chi connectivity index (χ2n) is 6.09. The zero-order valence-corrected chi connectivity index (χ0v) is 12.7. The van der Waals surface area contributed by atoms with E-state index in [4.69, 9.17) is 0 Å². The summed E-state index contributed by atoms with van der Waals surface area (Å²) in [6.45, 7) is 3.62. The van der Waals surface area contributed by atoms with Crippen LogP contribution in [0.4, 0.5) is 4.39 Å². The van der Waals surface area contributed by atoms with Crippen LogP contribution >= 0.6 is 0 Å². The van der Waals surface area contributed by atoms with E-state index in [1.807, 2.05) is 0 Å². The number of carboxylic acids is 1. The number of hydrogen-bond acceptors (Lipinski definition) is 3. The molecule has 1 aromatic rings. The lowest BCUT2D eigenvalue weighted by molar-refractivity contribution is 0.0693. The van der Waals surface area contributed by atoms with Crippen molar-refractivity contribution in [2.24, 2.45) is 5.92 Å². The van der Waals surface area contributed by atoms with Gasteiger partial charge in [0, 0.05) is 13.1 Å². The lowest BCUT2D eigenvalue weighted by Gasteiger charge is -2.33. The Hall–Kier alpha value is -1.46. The van der Waals surface area contributed by atoms with E-state index in [-0.39, 0.29) is 5.56 Å². The summed E-state index contributed by atoms with van der Waals surface area (Å²) in [6.07, 6.45) is 2.25. The molecule has 0 aromatic heterocycles. The first-order valence-corrected chi connectivity index (χ1v) is 7.34. The third-order valence-corrected chi connectivity index (χ3v) is 4.03. The summed E-state index contributed by atoms with van der Waals surface area (Å²) < 4.78 is 13.2. The topological polar surface area (TPSA) is 43.8 Å². The van der Waals surface area contributed by atoms with Crippen molar-refractivity contribution in [3.05, 3.63) is 35.1 Å². The highest BCUT2D eigenvalue weighted by Gasteiger charge is 2.21. The molecule has 0 unspecified atom stereocenters. The molecule has 0 aliphatic carbocycles. The number of likely N-dealkylation sites (tertiary alicyclic amines) is 1. The molecule has 1 heterocycles. The third kappa shape index (κ3) is 4.51. The van der Waals surface area contributed by atoms with E-state index >= 15 is 0 Å². The minimum absolute atomic E-state index is 0.0745. The molecular formula is C16H23FN2O2. The van der Waals surface area contributed by atoms with Crippen molar-refractivity contribution in [3.63, 3.8) is 0 Å². The number of carboxylic acid groups (broad SMARTS) is 1. The van der Waals surface area contributed by atoms with Crippen LogP contribution in [-0.2, 0) is 6.54 Å². The van der Waals surface area contributed by atoms with Crippen LogP contribution < -0.4 is 0 Å². The average molecular weight is 294 g/mol. The molecule has 1 fully saturated rings. The highest BCUT2D eigenvalue weighted by molar-refractivity contribution is 5.89. The number of rotatable bonds is 5. The Morgan fingerprint density at radius 1 is 1.38 bits per heavy atom. The largest absolute Gasteiger partial charge is 0.478 e. The molecule has 0 atom stereocenters. The maximum absolute atomic E-state index is 13.2. The second kappa shape index (κ2) is 7.00. The molecule has 2 rings (SSSR count). The van der Waals surface area contributed by atoms with Gasteiger partial charge in [-0.3, -0.25) is 4.90 Å². The van der Waals surface area contributed by atoms with Crippen molar-refractivity contribution in [2.45, 2.75) is 19.4 Å². The number of hydrogen-bond donors (Lipinski definition) is 1. The van der Waals surface area contributed by atoms with E-state index in [1.165, 1.54) is 6.07 Å². The first-order valence-electron chi connectivity index (χ1n) is 7.34. The second-order valence-corrected chi connectivity index (χ2v) is 6.09. The molecule has 4 nitrogen and oxygen atoms in total. The molecule has 5 heteroatoms. The van der Waals surface area contributed by atoms with Crippen LogP contribution in [-0.4, -0.2) is 54.6 Å². The number of piperidine rings is 1. The van der Waals surface area contributed by atoms with Crippen LogP contribution in [0.25, 0.3) is 0 Å². The Bertz CT molecular complexity index is 497. The number of halogens is 1. The Kier molecular flexibility index (Phi) is 5.31. The summed E-state index contributed by atoms with van der Waals surface area (Å²) >= 11 is 0. The van der Waals surface area contributed by atoms with Crippen molar-refractivity contribution in [1.82, 2.24) is 9.80 Å². The minimum Gasteiger partial charge on any atom is -0.478 e. The Morgan fingerprint density at radius 3 is 2.62 bits per heavy atom. The van der Waals surface area contributed by atoms with Crippen LogP contribution in [0.15, 0.2) is 18.2 Å². The van der Waals surface area contributed by atoms with Crippen LogP contribution in [0.5, 0.6) is 0 Å². The van der Waals surface area contributed by atoms with E-state index in [1.54, 1.807) is 6.07 Å². The fourth-order valence-corrected chi connectivity index (χ4v) is 2.97. The molecular weight excluding hydrogens is 271 g/mol. The number of carbonyl (C=O) groups is 1. The van der Waals surface area contributed by atoms with Gasteiger partial charge in [-0.1, -0.05) is 6.07 Å². The zero-order chi connectivity index (χ0) is 15.4. The molecule has 1 N–H and O–H groups in total. The zero-order valence-electron chi connectivity index (χ0n) is 12.7. The van der Waals surface area contributed by atoms with Crippen molar-refractivity contribution in [1.29, 1.82) is 0 Å². The monoisotopic (exact) mass is 294 g/mol. The van der Waals surface area contributed by atoms with Crippen LogP contribution in [0, 0.1) is 11.7 Å². The molecule has 0 radical (unpaired) electrons. The molecule has 0 saturated carbocycles. The molecule has 1 saturated heterocycles. The van der Waals surface area contributed by atoms with E-state index in [2.05, 4.69) is 23.9 Å². The maximum atomic E-state index is 13.2. The number of benzene rings is 1. The van der Waals surface area contributed by atoms with Crippen LogP contribution in [0.1, 0.15) is 28.8 Å². The van der Waals surface area contributed by atoms with Gasteiger partial charge in [0.2, 0.25) is 0 Å². The smallest absolute Gasteiger partial charge is 0.336 e. The third-order valence-electron chi connectivity index (χ3n) is 4.03. The van der Waals surface area contributed by atoms with Gasteiger partial charge in [-0.25, -0.2) is 9.18 Å². The minimum atomic E-state index is -1.06. The van der Waals surface area contributed by atoms with Gasteiger partial charge < -0.3 is 10.0 Å². The summed E-state index contributed by atoms with van der Waals surface area (Å²) in [7, 11) is 4.17. The van der Waals surface area contributed by atoms with E-state index in [0.717, 1.165) is 38.5 Å². The van der Waals surface area contributed by atoms with E-state index in [0.29, 0.717) is 18.0 Å². The van der Waals surface area contributed by atoms with Gasteiger partial charge in [-0.15, -0.1) is 0 Å². The highest BCUT2D eigenvalue weighted by atomic mass is 19.1. The van der Waals surface area contributed by atoms with Crippen molar-refractivity contribution in [2.75, 3.05) is 33.7 Å². The first kappa shape index (κ1) is 15.9. The van der Waals surface area contributed by atoms with Gasteiger partial charge in [-0.2, -0.15) is 0 Å². The normalized spacial score (nSPS) is 17.3. The molecule has 0 amide bonds.